The monoisotopic (exact) mass is 338 g/mol. The Morgan fingerprint density at radius 2 is 1.92 bits per heavy atom. The maximum absolute atomic E-state index is 13.1. The van der Waals surface area contributed by atoms with Gasteiger partial charge in [0.1, 0.15) is 5.56 Å². The van der Waals surface area contributed by atoms with Gasteiger partial charge in [-0.25, -0.2) is 0 Å². The summed E-state index contributed by atoms with van der Waals surface area (Å²) in [5, 5.41) is 10.8. The van der Waals surface area contributed by atoms with Crippen molar-refractivity contribution in [2.45, 2.75) is 12.6 Å². The molecule has 1 saturated carbocycles. The second-order valence-electron chi connectivity index (χ2n) is 6.54. The lowest BCUT2D eigenvalue weighted by Gasteiger charge is -2.20. The van der Waals surface area contributed by atoms with Crippen molar-refractivity contribution in [2.75, 3.05) is 11.4 Å². The molecule has 0 aromatic heterocycles. The van der Waals surface area contributed by atoms with Gasteiger partial charge in [0.05, 0.1) is 4.92 Å². The number of nitro benzene ring substituents is 1. The predicted molar refractivity (Wildman–Crippen MR) is 78.2 cm³/mol. The van der Waals surface area contributed by atoms with E-state index in [4.69, 9.17) is 0 Å². The van der Waals surface area contributed by atoms with Crippen molar-refractivity contribution in [2.24, 2.45) is 23.7 Å². The van der Waals surface area contributed by atoms with E-state index >= 15 is 0 Å². The van der Waals surface area contributed by atoms with Crippen molar-refractivity contribution in [1.82, 2.24) is 0 Å². The fourth-order valence-corrected chi connectivity index (χ4v) is 4.33. The second kappa shape index (κ2) is 4.81. The zero-order valence-corrected chi connectivity index (χ0v) is 12.4. The highest BCUT2D eigenvalue weighted by molar-refractivity contribution is 5.98. The van der Waals surface area contributed by atoms with Gasteiger partial charge in [-0.1, -0.05) is 12.2 Å². The van der Waals surface area contributed by atoms with Crippen LogP contribution in [-0.2, 0) is 11.0 Å². The van der Waals surface area contributed by atoms with Crippen LogP contribution in [0.5, 0.6) is 0 Å². The van der Waals surface area contributed by atoms with Crippen LogP contribution in [0.25, 0.3) is 0 Å². The van der Waals surface area contributed by atoms with Crippen LogP contribution < -0.4 is 4.90 Å². The first kappa shape index (κ1) is 15.2. The van der Waals surface area contributed by atoms with E-state index in [1.165, 1.54) is 11.0 Å². The molecule has 0 unspecified atom stereocenters. The number of allylic oxidation sites excluding steroid dienone is 2. The zero-order chi connectivity index (χ0) is 17.2. The normalized spacial score (nSPS) is 31.0. The summed E-state index contributed by atoms with van der Waals surface area (Å²) in [6, 6.07) is 2.76. The summed E-state index contributed by atoms with van der Waals surface area (Å²) in [6.07, 6.45) is 0.185. The number of anilines is 1. The van der Waals surface area contributed by atoms with Crippen molar-refractivity contribution in [3.8, 4) is 0 Å². The maximum Gasteiger partial charge on any atom is 0.423 e. The van der Waals surface area contributed by atoms with Gasteiger partial charge in [0.25, 0.3) is 5.69 Å². The van der Waals surface area contributed by atoms with Crippen molar-refractivity contribution in [3.05, 3.63) is 46.0 Å². The summed E-state index contributed by atoms with van der Waals surface area (Å²) in [7, 11) is 0. The van der Waals surface area contributed by atoms with E-state index in [0.717, 1.165) is 12.5 Å². The van der Waals surface area contributed by atoms with Crippen LogP contribution in [0.2, 0.25) is 0 Å². The first-order chi connectivity index (χ1) is 11.3. The number of benzene rings is 1. The topological polar surface area (TPSA) is 63.5 Å². The Morgan fingerprint density at radius 1 is 1.21 bits per heavy atom. The van der Waals surface area contributed by atoms with Crippen molar-refractivity contribution < 1.29 is 22.9 Å². The highest BCUT2D eigenvalue weighted by Gasteiger charge is 2.54. The van der Waals surface area contributed by atoms with E-state index in [1.807, 2.05) is 6.08 Å². The van der Waals surface area contributed by atoms with E-state index in [-0.39, 0.29) is 29.3 Å². The van der Waals surface area contributed by atoms with Gasteiger partial charge in [0.2, 0.25) is 5.91 Å². The van der Waals surface area contributed by atoms with Crippen LogP contribution in [-0.4, -0.2) is 17.4 Å². The number of hydrogen-bond acceptors (Lipinski definition) is 3. The van der Waals surface area contributed by atoms with Gasteiger partial charge in [-0.15, -0.1) is 0 Å². The Bertz CT molecular complexity index is 774. The molecule has 1 aliphatic heterocycles. The molecule has 0 spiro atoms. The average Bonchev–Trinajstić information content (AvgIpc) is 3.19. The molecule has 1 amide bonds. The standard InChI is InChI=1S/C16H13F3N2O3/c17-16(18,19)12-6-10(3-4-13(12)21(23)24)20-7-11-8-1-2-9(5-8)14(11)15(20)22/h1-4,6,8-9,11,14H,5,7H2/t8-,9+,11-,14+/m0/s1. The molecule has 0 N–H and O–H groups in total. The molecule has 0 radical (unpaired) electrons. The van der Waals surface area contributed by atoms with Crippen molar-refractivity contribution in [1.29, 1.82) is 0 Å². The maximum atomic E-state index is 13.1. The van der Waals surface area contributed by atoms with Gasteiger partial charge in [0.15, 0.2) is 0 Å². The largest absolute Gasteiger partial charge is 0.423 e. The SMILES string of the molecule is O=C1[C@H]2[C@@H](CN1c1ccc([N+](=O)[O-])c(C(F)(F)F)c1)[C@H]1C=C[C@@H]2C1. The van der Waals surface area contributed by atoms with Gasteiger partial charge in [0, 0.05) is 24.2 Å². The first-order valence-corrected chi connectivity index (χ1v) is 7.62. The Labute approximate surface area is 134 Å². The van der Waals surface area contributed by atoms with Gasteiger partial charge >= 0.3 is 6.18 Å². The molecule has 4 atom stereocenters. The highest BCUT2D eigenvalue weighted by atomic mass is 19.4. The summed E-state index contributed by atoms with van der Waals surface area (Å²) in [5.74, 6) is 0.229. The summed E-state index contributed by atoms with van der Waals surface area (Å²) in [4.78, 5) is 23.8. The molecule has 3 aliphatic rings. The number of nitrogens with zero attached hydrogens (tertiary/aromatic N) is 2. The molecule has 5 nitrogen and oxygen atoms in total. The third-order valence-corrected chi connectivity index (χ3v) is 5.36. The molecule has 2 fully saturated rings. The Morgan fingerprint density at radius 3 is 2.54 bits per heavy atom. The summed E-state index contributed by atoms with van der Waals surface area (Å²) in [5.41, 5.74) is -2.25. The van der Waals surface area contributed by atoms with E-state index in [0.29, 0.717) is 18.5 Å². The Hall–Kier alpha value is -2.38. The van der Waals surface area contributed by atoms with Crippen LogP contribution in [0.15, 0.2) is 30.4 Å². The molecule has 8 heteroatoms. The van der Waals surface area contributed by atoms with Crippen LogP contribution >= 0.6 is 0 Å². The van der Waals surface area contributed by atoms with E-state index < -0.39 is 22.4 Å². The Balaban J connectivity index is 1.71. The zero-order valence-electron chi connectivity index (χ0n) is 12.4. The number of halogens is 3. The molecule has 126 valence electrons. The molecule has 24 heavy (non-hydrogen) atoms. The Kier molecular flexibility index (Phi) is 3.04. The number of rotatable bonds is 2. The van der Waals surface area contributed by atoms with Gasteiger partial charge in [-0.2, -0.15) is 13.2 Å². The second-order valence-corrected chi connectivity index (χ2v) is 6.54. The van der Waals surface area contributed by atoms with Gasteiger partial charge in [-0.05, 0) is 36.3 Å². The first-order valence-electron chi connectivity index (χ1n) is 7.62. The third kappa shape index (κ3) is 2.05. The summed E-state index contributed by atoms with van der Waals surface area (Å²) < 4.78 is 39.4. The third-order valence-electron chi connectivity index (χ3n) is 5.36. The molecule has 1 heterocycles. The number of fused-ring (bicyclic) bond motifs is 5. The summed E-state index contributed by atoms with van der Waals surface area (Å²) >= 11 is 0. The predicted octanol–water partition coefficient (Wildman–Crippen LogP) is 3.40. The van der Waals surface area contributed by atoms with Crippen molar-refractivity contribution in [3.63, 3.8) is 0 Å². The molecular weight excluding hydrogens is 325 g/mol. The van der Waals surface area contributed by atoms with Crippen LogP contribution in [0, 0.1) is 33.8 Å². The molecular formula is C16H13F3N2O3. The smallest absolute Gasteiger partial charge is 0.312 e. The molecule has 2 aliphatic carbocycles. The minimum absolute atomic E-state index is 0.0757. The highest BCUT2D eigenvalue weighted by Crippen LogP contribution is 2.53. The molecule has 1 aromatic carbocycles. The number of amides is 1. The lowest BCUT2D eigenvalue weighted by Crippen LogP contribution is -2.29. The number of carbonyl (C=O) groups excluding carboxylic acids is 1. The lowest BCUT2D eigenvalue weighted by atomic mass is 9.86. The number of nitro groups is 1. The fraction of sp³-hybridized carbons (Fsp3) is 0.438. The number of alkyl halides is 3. The van der Waals surface area contributed by atoms with Crippen molar-refractivity contribution >= 4 is 17.3 Å². The van der Waals surface area contributed by atoms with Gasteiger partial charge < -0.3 is 4.90 Å². The number of carbonyl (C=O) groups is 1. The minimum atomic E-state index is -4.85. The fourth-order valence-electron chi connectivity index (χ4n) is 4.33. The summed E-state index contributed by atoms with van der Waals surface area (Å²) in [6.45, 7) is 0.365. The van der Waals surface area contributed by atoms with E-state index in [9.17, 15) is 28.1 Å². The minimum Gasteiger partial charge on any atom is -0.312 e. The quantitative estimate of drug-likeness (QED) is 0.472. The van der Waals surface area contributed by atoms with Crippen LogP contribution in [0.1, 0.15) is 12.0 Å². The molecule has 4 rings (SSSR count). The average molecular weight is 338 g/mol. The van der Waals surface area contributed by atoms with E-state index in [1.54, 1.807) is 0 Å². The van der Waals surface area contributed by atoms with Gasteiger partial charge in [-0.3, -0.25) is 14.9 Å². The van der Waals surface area contributed by atoms with Crippen LogP contribution in [0.3, 0.4) is 0 Å². The van der Waals surface area contributed by atoms with E-state index in [2.05, 4.69) is 6.08 Å². The number of hydrogen-bond donors (Lipinski definition) is 0. The lowest BCUT2D eigenvalue weighted by molar-refractivity contribution is -0.388. The van der Waals surface area contributed by atoms with Crippen LogP contribution in [0.4, 0.5) is 24.5 Å². The molecule has 2 bridgehead atoms. The molecule has 1 aromatic rings. The molecule has 1 saturated heterocycles.